The van der Waals surface area contributed by atoms with E-state index < -0.39 is 5.97 Å². The maximum absolute atomic E-state index is 10.9. The third-order valence-corrected chi connectivity index (χ3v) is 4.04. The second-order valence-corrected chi connectivity index (χ2v) is 7.12. The van der Waals surface area contributed by atoms with Crippen molar-refractivity contribution >= 4 is 33.5 Å². The zero-order valence-corrected chi connectivity index (χ0v) is 19.6. The highest BCUT2D eigenvalue weighted by Crippen LogP contribution is 2.24. The van der Waals surface area contributed by atoms with Crippen LogP contribution in [0.5, 0.6) is 0 Å². The van der Waals surface area contributed by atoms with Gasteiger partial charge in [0.1, 0.15) is 5.41 Å². The third kappa shape index (κ3) is 12.5. The minimum atomic E-state index is -0.869. The number of rotatable bonds is 13. The standard InChI is InChI=1S/C14H30O4Si.C3H6N6/c1-4-16-14(17-5-2,18-6-3)12-10-8-7-9-11-13(15)19;4-1-7-2(5)9-3(6)8-1/h4-12H2,1-3,19H3;(H6,4,5,6,7,8,9). The van der Waals surface area contributed by atoms with Gasteiger partial charge in [0.25, 0.3) is 5.97 Å². The predicted octanol–water partition coefficient (Wildman–Crippen LogP) is 0.601. The van der Waals surface area contributed by atoms with Gasteiger partial charge in [-0.3, -0.25) is 0 Å². The van der Waals surface area contributed by atoms with Crippen LogP contribution < -0.4 is 17.2 Å². The van der Waals surface area contributed by atoms with E-state index in [2.05, 4.69) is 15.0 Å². The van der Waals surface area contributed by atoms with Crippen LogP contribution in [0.15, 0.2) is 0 Å². The summed E-state index contributed by atoms with van der Waals surface area (Å²) in [4.78, 5) is 21.4. The zero-order chi connectivity index (χ0) is 21.4. The fraction of sp³-hybridized carbons (Fsp3) is 0.765. The first-order valence-corrected chi connectivity index (χ1v) is 10.7. The number of carbonyl (C=O) groups is 1. The molecule has 0 aliphatic heterocycles. The maximum atomic E-state index is 10.9. The molecular formula is C17H36N6O4Si. The van der Waals surface area contributed by atoms with E-state index in [0.717, 1.165) is 38.5 Å². The summed E-state index contributed by atoms with van der Waals surface area (Å²) >= 11 is 0. The van der Waals surface area contributed by atoms with Gasteiger partial charge in [-0.25, -0.2) is 0 Å². The van der Waals surface area contributed by atoms with Crippen molar-refractivity contribution in [3.63, 3.8) is 0 Å². The van der Waals surface area contributed by atoms with E-state index >= 15 is 0 Å². The van der Waals surface area contributed by atoms with Crippen molar-refractivity contribution in [3.05, 3.63) is 0 Å². The Morgan fingerprint density at radius 2 is 1.21 bits per heavy atom. The lowest BCUT2D eigenvalue weighted by Crippen LogP contribution is -2.39. The molecule has 0 atom stereocenters. The van der Waals surface area contributed by atoms with Gasteiger partial charge in [0.05, 0.1) is 10.2 Å². The molecular weight excluding hydrogens is 380 g/mol. The molecule has 162 valence electrons. The Morgan fingerprint density at radius 1 is 0.821 bits per heavy atom. The molecule has 0 bridgehead atoms. The molecule has 0 amide bonds. The van der Waals surface area contributed by atoms with E-state index in [-0.39, 0.29) is 17.8 Å². The number of anilines is 3. The van der Waals surface area contributed by atoms with Crippen molar-refractivity contribution in [2.75, 3.05) is 37.0 Å². The van der Waals surface area contributed by atoms with E-state index in [9.17, 15) is 4.79 Å². The number of unbranched alkanes of at least 4 members (excludes halogenated alkanes) is 3. The van der Waals surface area contributed by atoms with Gasteiger partial charge in [0.15, 0.2) is 0 Å². The van der Waals surface area contributed by atoms with Crippen molar-refractivity contribution in [2.24, 2.45) is 0 Å². The van der Waals surface area contributed by atoms with E-state index in [0.29, 0.717) is 35.5 Å². The Bertz CT molecular complexity index is 497. The largest absolute Gasteiger partial charge is 0.368 e. The topological polar surface area (TPSA) is 161 Å². The van der Waals surface area contributed by atoms with Gasteiger partial charge >= 0.3 is 0 Å². The Labute approximate surface area is 170 Å². The zero-order valence-electron chi connectivity index (χ0n) is 17.6. The molecule has 0 radical (unpaired) electrons. The van der Waals surface area contributed by atoms with Crippen molar-refractivity contribution in [2.45, 2.75) is 65.3 Å². The average Bonchev–Trinajstić information content (AvgIpc) is 2.58. The van der Waals surface area contributed by atoms with Crippen LogP contribution >= 0.6 is 0 Å². The van der Waals surface area contributed by atoms with Crippen molar-refractivity contribution in [1.82, 2.24) is 15.0 Å². The Morgan fingerprint density at radius 3 is 1.57 bits per heavy atom. The molecule has 1 heterocycles. The summed E-state index contributed by atoms with van der Waals surface area (Å²) < 4.78 is 17.0. The van der Waals surface area contributed by atoms with Gasteiger partial charge in [-0.05, 0) is 33.6 Å². The second-order valence-electron chi connectivity index (χ2n) is 6.01. The highest BCUT2D eigenvalue weighted by Gasteiger charge is 2.31. The van der Waals surface area contributed by atoms with Crippen molar-refractivity contribution < 1.29 is 19.0 Å². The van der Waals surface area contributed by atoms with Crippen LogP contribution in [0.2, 0.25) is 0 Å². The van der Waals surface area contributed by atoms with Gasteiger partial charge in [-0.2, -0.15) is 15.0 Å². The number of ether oxygens (including phenoxy) is 3. The molecule has 28 heavy (non-hydrogen) atoms. The van der Waals surface area contributed by atoms with Gasteiger partial charge in [0.2, 0.25) is 17.8 Å². The van der Waals surface area contributed by atoms with Gasteiger partial charge in [-0.15, -0.1) is 0 Å². The summed E-state index contributed by atoms with van der Waals surface area (Å²) in [6.07, 6.45) is 5.68. The van der Waals surface area contributed by atoms with E-state index in [4.69, 9.17) is 31.4 Å². The molecule has 1 aromatic heterocycles. The number of hydrogen-bond donors (Lipinski definition) is 3. The minimum Gasteiger partial charge on any atom is -0.368 e. The molecule has 0 unspecified atom stereocenters. The average molecular weight is 417 g/mol. The predicted molar refractivity (Wildman–Crippen MR) is 113 cm³/mol. The Balaban J connectivity index is 0.000000668. The van der Waals surface area contributed by atoms with Crippen LogP contribution in [-0.4, -0.2) is 56.4 Å². The molecule has 11 heteroatoms. The first kappa shape index (κ1) is 26.2. The number of carbonyl (C=O) groups excluding carboxylic acids is 1. The highest BCUT2D eigenvalue weighted by atomic mass is 28.1. The fourth-order valence-electron chi connectivity index (χ4n) is 2.50. The van der Waals surface area contributed by atoms with Crippen molar-refractivity contribution in [3.8, 4) is 0 Å². The summed E-state index contributed by atoms with van der Waals surface area (Å²) in [5.74, 6) is -0.744. The molecule has 10 nitrogen and oxygen atoms in total. The smallest absolute Gasteiger partial charge is 0.282 e. The maximum Gasteiger partial charge on any atom is 0.282 e. The van der Waals surface area contributed by atoms with Crippen LogP contribution in [-0.2, 0) is 19.0 Å². The lowest BCUT2D eigenvalue weighted by Gasteiger charge is -2.32. The summed E-state index contributed by atoms with van der Waals surface area (Å²) in [6, 6.07) is 0. The molecule has 0 aliphatic rings. The minimum absolute atomic E-state index is 0.0417. The van der Waals surface area contributed by atoms with Crippen LogP contribution in [0.4, 0.5) is 17.8 Å². The van der Waals surface area contributed by atoms with E-state index in [1.54, 1.807) is 0 Å². The van der Waals surface area contributed by atoms with Gasteiger partial charge in [-0.1, -0.05) is 12.8 Å². The molecule has 0 aromatic carbocycles. The van der Waals surface area contributed by atoms with Crippen LogP contribution in [0.25, 0.3) is 0 Å². The molecule has 0 spiro atoms. The molecule has 0 fully saturated rings. The number of nitrogens with two attached hydrogens (primary N) is 3. The normalized spacial score (nSPS) is 11.1. The van der Waals surface area contributed by atoms with Crippen LogP contribution in [0.3, 0.4) is 0 Å². The second kappa shape index (κ2) is 15.1. The summed E-state index contributed by atoms with van der Waals surface area (Å²) in [5.41, 5.74) is 15.4. The quantitative estimate of drug-likeness (QED) is 0.236. The Kier molecular flexibility index (Phi) is 14.2. The lowest BCUT2D eigenvalue weighted by molar-refractivity contribution is -0.380. The first-order chi connectivity index (χ1) is 13.3. The molecule has 1 aromatic rings. The van der Waals surface area contributed by atoms with Crippen LogP contribution in [0.1, 0.15) is 59.3 Å². The summed E-state index contributed by atoms with van der Waals surface area (Å²) in [7, 11) is 0.684. The van der Waals surface area contributed by atoms with Crippen LogP contribution in [0, 0.1) is 0 Å². The third-order valence-electron chi connectivity index (χ3n) is 3.54. The number of aromatic nitrogens is 3. The SMILES string of the molecule is CCOC(CCCCCCC(=O)[SiH3])(OCC)OCC.Nc1nc(N)nc(N)n1. The number of hydrogen-bond acceptors (Lipinski definition) is 10. The first-order valence-electron chi connectivity index (χ1n) is 9.72. The monoisotopic (exact) mass is 416 g/mol. The molecule has 0 saturated heterocycles. The highest BCUT2D eigenvalue weighted by molar-refractivity contribution is 6.57. The lowest BCUT2D eigenvalue weighted by atomic mass is 10.1. The van der Waals surface area contributed by atoms with E-state index in [1.807, 2.05) is 20.8 Å². The number of nitrogen functional groups attached to an aromatic ring is 3. The van der Waals surface area contributed by atoms with Gasteiger partial charge < -0.3 is 36.2 Å². The van der Waals surface area contributed by atoms with E-state index in [1.165, 1.54) is 0 Å². The van der Waals surface area contributed by atoms with Gasteiger partial charge in [0, 0.05) is 32.7 Å². The summed E-state index contributed by atoms with van der Waals surface area (Å²) in [6.45, 7) is 7.58. The summed E-state index contributed by atoms with van der Waals surface area (Å²) in [5, 5.41) is 0.410. The molecule has 1 rings (SSSR count). The molecule has 6 N–H and O–H groups in total. The molecule has 0 aliphatic carbocycles. The Hall–Kier alpha value is -1.82. The van der Waals surface area contributed by atoms with Crippen molar-refractivity contribution in [1.29, 1.82) is 0 Å². The number of nitrogens with zero attached hydrogens (tertiary/aromatic N) is 3. The molecule has 0 saturated carbocycles. The fourth-order valence-corrected chi connectivity index (χ4v) is 2.85.